The fourth-order valence-corrected chi connectivity index (χ4v) is 3.20. The lowest BCUT2D eigenvalue weighted by molar-refractivity contribution is -0.141. The van der Waals surface area contributed by atoms with Gasteiger partial charge in [-0.2, -0.15) is 16.7 Å². The molecule has 1 heterocycles. The van der Waals surface area contributed by atoms with Gasteiger partial charge in [0, 0.05) is 5.92 Å². The minimum absolute atomic E-state index is 0.123. The third-order valence-corrected chi connectivity index (χ3v) is 4.66. The molecule has 1 fully saturated rings. The number of carboxylic acid groups (broad SMARTS) is 1. The van der Waals surface area contributed by atoms with E-state index in [-0.39, 0.29) is 11.8 Å². The number of carboxylic acids is 1. The molecule has 1 aliphatic carbocycles. The Morgan fingerprint density at radius 1 is 1.53 bits per heavy atom. The molecule has 1 aromatic rings. The molecular formula is C13H20N2O3S. The van der Waals surface area contributed by atoms with E-state index in [1.807, 2.05) is 0 Å². The number of aromatic nitrogens is 2. The fourth-order valence-electron chi connectivity index (χ4n) is 2.31. The number of carbonyl (C=O) groups is 1. The van der Waals surface area contributed by atoms with Crippen molar-refractivity contribution in [2.75, 3.05) is 5.75 Å². The second kappa shape index (κ2) is 6.41. The maximum absolute atomic E-state index is 10.9. The summed E-state index contributed by atoms with van der Waals surface area (Å²) in [6, 6.07) is 0. The molecule has 0 amide bonds. The Labute approximate surface area is 117 Å². The molecule has 1 saturated carbocycles. The number of thioether (sulfide) groups is 1. The van der Waals surface area contributed by atoms with Crippen molar-refractivity contribution < 1.29 is 14.4 Å². The Balaban J connectivity index is 1.85. The predicted octanol–water partition coefficient (Wildman–Crippen LogP) is 2.93. The van der Waals surface area contributed by atoms with E-state index in [2.05, 4.69) is 24.0 Å². The van der Waals surface area contributed by atoms with Crippen LogP contribution in [0.1, 0.15) is 50.7 Å². The van der Waals surface area contributed by atoms with Crippen molar-refractivity contribution in [3.8, 4) is 0 Å². The molecule has 1 N–H and O–H groups in total. The third kappa shape index (κ3) is 3.96. The molecule has 2 rings (SSSR count). The van der Waals surface area contributed by atoms with Gasteiger partial charge in [0.15, 0.2) is 5.82 Å². The molecule has 0 spiro atoms. The molecule has 0 bridgehead atoms. The first-order valence-corrected chi connectivity index (χ1v) is 7.84. The fraction of sp³-hybridized carbons (Fsp3) is 0.769. The first-order chi connectivity index (χ1) is 9.06. The summed E-state index contributed by atoms with van der Waals surface area (Å²) in [5.41, 5.74) is 0. The molecule has 0 saturated heterocycles. The largest absolute Gasteiger partial charge is 0.481 e. The van der Waals surface area contributed by atoms with Crippen molar-refractivity contribution in [3.63, 3.8) is 0 Å². The van der Waals surface area contributed by atoms with Gasteiger partial charge in [-0.3, -0.25) is 4.79 Å². The smallest absolute Gasteiger partial charge is 0.306 e. The number of hydrogen-bond donors (Lipinski definition) is 1. The SMILES string of the molecule is CC(C)CSCc1noc(C2CCC(C(=O)O)C2)n1. The van der Waals surface area contributed by atoms with Crippen molar-refractivity contribution in [2.24, 2.45) is 11.8 Å². The van der Waals surface area contributed by atoms with Crippen LogP contribution in [0.5, 0.6) is 0 Å². The normalized spacial score (nSPS) is 23.1. The Morgan fingerprint density at radius 3 is 2.95 bits per heavy atom. The van der Waals surface area contributed by atoms with E-state index < -0.39 is 5.97 Å². The minimum Gasteiger partial charge on any atom is -0.481 e. The standard InChI is InChI=1S/C13H20N2O3S/c1-8(2)6-19-7-11-14-12(18-15-11)9-3-4-10(5-9)13(16)17/h8-10H,3-7H2,1-2H3,(H,16,17). The van der Waals surface area contributed by atoms with Gasteiger partial charge in [-0.05, 0) is 30.9 Å². The van der Waals surface area contributed by atoms with Crippen LogP contribution < -0.4 is 0 Å². The van der Waals surface area contributed by atoms with Gasteiger partial charge in [-0.15, -0.1) is 0 Å². The quantitative estimate of drug-likeness (QED) is 0.865. The maximum Gasteiger partial charge on any atom is 0.306 e. The Morgan fingerprint density at radius 2 is 2.32 bits per heavy atom. The summed E-state index contributed by atoms with van der Waals surface area (Å²) in [7, 11) is 0. The molecule has 1 aromatic heterocycles. The van der Waals surface area contributed by atoms with Crippen LogP contribution in [0.15, 0.2) is 4.52 Å². The lowest BCUT2D eigenvalue weighted by Crippen LogP contribution is -2.09. The van der Waals surface area contributed by atoms with Crippen molar-refractivity contribution >= 4 is 17.7 Å². The van der Waals surface area contributed by atoms with Gasteiger partial charge >= 0.3 is 5.97 Å². The molecule has 0 aromatic carbocycles. The summed E-state index contributed by atoms with van der Waals surface area (Å²) in [6.07, 6.45) is 2.16. The zero-order valence-corrected chi connectivity index (χ0v) is 12.2. The summed E-state index contributed by atoms with van der Waals surface area (Å²) in [5, 5.41) is 13.0. The van der Waals surface area contributed by atoms with Crippen LogP contribution in [0.2, 0.25) is 0 Å². The minimum atomic E-state index is -0.713. The number of aliphatic carboxylic acids is 1. The zero-order chi connectivity index (χ0) is 13.8. The Bertz CT molecular complexity index is 433. The summed E-state index contributed by atoms with van der Waals surface area (Å²) in [4.78, 5) is 15.3. The highest BCUT2D eigenvalue weighted by Crippen LogP contribution is 2.37. The van der Waals surface area contributed by atoms with E-state index in [1.54, 1.807) is 11.8 Å². The van der Waals surface area contributed by atoms with Crippen LogP contribution in [0.4, 0.5) is 0 Å². The van der Waals surface area contributed by atoms with Crippen molar-refractivity contribution in [1.29, 1.82) is 0 Å². The van der Waals surface area contributed by atoms with E-state index in [4.69, 9.17) is 9.63 Å². The predicted molar refractivity (Wildman–Crippen MR) is 73.0 cm³/mol. The second-order valence-corrected chi connectivity index (χ2v) is 6.53. The highest BCUT2D eigenvalue weighted by atomic mass is 32.2. The van der Waals surface area contributed by atoms with E-state index in [0.717, 1.165) is 23.8 Å². The molecule has 2 unspecified atom stereocenters. The van der Waals surface area contributed by atoms with Crippen LogP contribution in [-0.2, 0) is 10.5 Å². The lowest BCUT2D eigenvalue weighted by Gasteiger charge is -2.02. The topological polar surface area (TPSA) is 76.2 Å². The molecule has 0 aliphatic heterocycles. The lowest BCUT2D eigenvalue weighted by atomic mass is 10.1. The number of rotatable bonds is 6. The van der Waals surface area contributed by atoms with Crippen molar-refractivity contribution in [1.82, 2.24) is 10.1 Å². The zero-order valence-electron chi connectivity index (χ0n) is 11.3. The average molecular weight is 284 g/mol. The molecule has 0 radical (unpaired) electrons. The Kier molecular flexibility index (Phi) is 4.85. The number of hydrogen-bond acceptors (Lipinski definition) is 5. The summed E-state index contributed by atoms with van der Waals surface area (Å²) >= 11 is 1.80. The second-order valence-electron chi connectivity index (χ2n) is 5.50. The number of nitrogens with zero attached hydrogens (tertiary/aromatic N) is 2. The van der Waals surface area contributed by atoms with Gasteiger partial charge in [0.05, 0.1) is 11.7 Å². The van der Waals surface area contributed by atoms with Gasteiger partial charge in [0.2, 0.25) is 5.89 Å². The van der Waals surface area contributed by atoms with Gasteiger partial charge in [0.1, 0.15) is 0 Å². The van der Waals surface area contributed by atoms with Crippen LogP contribution in [0.3, 0.4) is 0 Å². The summed E-state index contributed by atoms with van der Waals surface area (Å²) in [5.74, 6) is 2.99. The molecule has 2 atom stereocenters. The van der Waals surface area contributed by atoms with Gasteiger partial charge < -0.3 is 9.63 Å². The van der Waals surface area contributed by atoms with E-state index >= 15 is 0 Å². The van der Waals surface area contributed by atoms with E-state index in [0.29, 0.717) is 24.7 Å². The highest BCUT2D eigenvalue weighted by molar-refractivity contribution is 7.98. The van der Waals surface area contributed by atoms with Crippen LogP contribution >= 0.6 is 11.8 Å². The van der Waals surface area contributed by atoms with Gasteiger partial charge in [0.25, 0.3) is 0 Å². The molecule has 106 valence electrons. The average Bonchev–Trinajstić information content (AvgIpc) is 2.95. The van der Waals surface area contributed by atoms with Gasteiger partial charge in [-0.1, -0.05) is 19.0 Å². The van der Waals surface area contributed by atoms with Crippen molar-refractivity contribution in [3.05, 3.63) is 11.7 Å². The van der Waals surface area contributed by atoms with Crippen LogP contribution in [-0.4, -0.2) is 27.0 Å². The molecule has 6 heteroatoms. The van der Waals surface area contributed by atoms with E-state index in [1.165, 1.54) is 0 Å². The molecule has 5 nitrogen and oxygen atoms in total. The van der Waals surface area contributed by atoms with Gasteiger partial charge in [-0.25, -0.2) is 0 Å². The van der Waals surface area contributed by atoms with Crippen LogP contribution in [0.25, 0.3) is 0 Å². The van der Waals surface area contributed by atoms with Crippen molar-refractivity contribution in [2.45, 2.75) is 44.8 Å². The maximum atomic E-state index is 10.9. The Hall–Kier alpha value is -1.04. The van der Waals surface area contributed by atoms with E-state index in [9.17, 15) is 4.79 Å². The highest BCUT2D eigenvalue weighted by Gasteiger charge is 2.33. The molecule has 19 heavy (non-hydrogen) atoms. The first-order valence-electron chi connectivity index (χ1n) is 6.69. The molecular weight excluding hydrogens is 264 g/mol. The molecule has 1 aliphatic rings. The van der Waals surface area contributed by atoms with Crippen LogP contribution in [0, 0.1) is 11.8 Å². The third-order valence-electron chi connectivity index (χ3n) is 3.30. The summed E-state index contributed by atoms with van der Waals surface area (Å²) in [6.45, 7) is 4.36. The first kappa shape index (κ1) is 14.4. The summed E-state index contributed by atoms with van der Waals surface area (Å²) < 4.78 is 5.27. The monoisotopic (exact) mass is 284 g/mol.